The molecule has 96 valence electrons. The monoisotopic (exact) mass is 273 g/mol. The van der Waals surface area contributed by atoms with Crippen molar-refractivity contribution in [3.8, 4) is 5.69 Å². The number of H-pyrrole nitrogens is 1. The summed E-state index contributed by atoms with van der Waals surface area (Å²) in [5.41, 5.74) is 4.21. The first-order valence-corrected chi connectivity index (χ1v) is 6.32. The number of pyridine rings is 1. The van der Waals surface area contributed by atoms with E-state index in [4.69, 9.17) is 12.2 Å². The number of nitrogens with zero attached hydrogens (tertiary/aromatic N) is 2. The molecule has 0 aliphatic rings. The van der Waals surface area contributed by atoms with E-state index >= 15 is 0 Å². The summed E-state index contributed by atoms with van der Waals surface area (Å²) in [6.45, 7) is 3.78. The van der Waals surface area contributed by atoms with Gasteiger partial charge in [-0.2, -0.15) is 0 Å². The summed E-state index contributed by atoms with van der Waals surface area (Å²) in [6.07, 6.45) is 0. The summed E-state index contributed by atoms with van der Waals surface area (Å²) in [5, 5.41) is 0. The fourth-order valence-electron chi connectivity index (χ4n) is 2.17. The summed E-state index contributed by atoms with van der Waals surface area (Å²) in [6, 6.07) is 8.51. The molecule has 0 saturated heterocycles. The van der Waals surface area contributed by atoms with E-state index in [2.05, 4.69) is 9.97 Å². The maximum atomic E-state index is 13.2. The fourth-order valence-corrected chi connectivity index (χ4v) is 2.47. The molecule has 0 bridgehead atoms. The van der Waals surface area contributed by atoms with Gasteiger partial charge in [0.2, 0.25) is 0 Å². The third-order valence-electron chi connectivity index (χ3n) is 3.07. The highest BCUT2D eigenvalue weighted by Crippen LogP contribution is 2.21. The molecule has 1 N–H and O–H groups in total. The smallest absolute Gasteiger partial charge is 0.184 e. The van der Waals surface area contributed by atoms with Crippen molar-refractivity contribution < 1.29 is 4.39 Å². The van der Waals surface area contributed by atoms with Gasteiger partial charge in [0.25, 0.3) is 0 Å². The zero-order chi connectivity index (χ0) is 13.6. The Morgan fingerprint density at radius 1 is 1.21 bits per heavy atom. The van der Waals surface area contributed by atoms with Crippen LogP contribution in [0, 0.1) is 24.4 Å². The highest BCUT2D eigenvalue weighted by Gasteiger charge is 2.10. The summed E-state index contributed by atoms with van der Waals surface area (Å²) < 4.78 is 15.6. The maximum absolute atomic E-state index is 13.2. The lowest BCUT2D eigenvalue weighted by molar-refractivity contribution is 0.626. The van der Waals surface area contributed by atoms with Crippen LogP contribution in [0.5, 0.6) is 0 Å². The van der Waals surface area contributed by atoms with E-state index in [9.17, 15) is 4.39 Å². The van der Waals surface area contributed by atoms with Crippen LogP contribution in [0.3, 0.4) is 0 Å². The number of hydrogen-bond acceptors (Lipinski definition) is 2. The molecule has 19 heavy (non-hydrogen) atoms. The average molecular weight is 273 g/mol. The molecule has 2 heterocycles. The fraction of sp³-hybridized carbons (Fsp3) is 0.143. The summed E-state index contributed by atoms with van der Waals surface area (Å²) >= 11 is 5.34. The standard InChI is InChI=1S/C14H12FN3S/c1-8-7-10(15)4-6-12(8)18-13-11(17-14(18)19)5-3-9(2)16-13/h3-7H,1-2H3,(H,17,19). The average Bonchev–Trinajstić information content (AvgIpc) is 2.65. The Labute approximate surface area is 114 Å². The number of aryl methyl sites for hydroxylation is 2. The van der Waals surface area contributed by atoms with Crippen LogP contribution in [0.2, 0.25) is 0 Å². The number of aromatic amines is 1. The molecule has 0 radical (unpaired) electrons. The predicted molar refractivity (Wildman–Crippen MR) is 75.7 cm³/mol. The largest absolute Gasteiger partial charge is 0.329 e. The van der Waals surface area contributed by atoms with Crippen molar-refractivity contribution in [1.29, 1.82) is 0 Å². The van der Waals surface area contributed by atoms with Gasteiger partial charge in [-0.25, -0.2) is 9.37 Å². The van der Waals surface area contributed by atoms with Gasteiger partial charge in [0.1, 0.15) is 5.82 Å². The normalized spacial score (nSPS) is 11.1. The van der Waals surface area contributed by atoms with Crippen LogP contribution in [0.4, 0.5) is 4.39 Å². The number of hydrogen-bond donors (Lipinski definition) is 1. The molecule has 0 atom stereocenters. The second-order valence-electron chi connectivity index (χ2n) is 4.52. The van der Waals surface area contributed by atoms with Gasteiger partial charge in [-0.15, -0.1) is 0 Å². The molecule has 0 aliphatic heterocycles. The first-order chi connectivity index (χ1) is 9.06. The highest BCUT2D eigenvalue weighted by atomic mass is 32.1. The van der Waals surface area contributed by atoms with E-state index in [1.54, 1.807) is 6.07 Å². The number of benzene rings is 1. The number of aromatic nitrogens is 3. The highest BCUT2D eigenvalue weighted by molar-refractivity contribution is 7.71. The summed E-state index contributed by atoms with van der Waals surface area (Å²) in [5.74, 6) is -0.253. The van der Waals surface area contributed by atoms with Gasteiger partial charge in [0, 0.05) is 5.69 Å². The van der Waals surface area contributed by atoms with E-state index < -0.39 is 0 Å². The van der Waals surface area contributed by atoms with Crippen LogP contribution in [-0.2, 0) is 0 Å². The van der Waals surface area contributed by atoms with Gasteiger partial charge >= 0.3 is 0 Å². The van der Waals surface area contributed by atoms with Crippen molar-refractivity contribution in [3.05, 3.63) is 52.2 Å². The Hall–Kier alpha value is -2.01. The molecule has 0 unspecified atom stereocenters. The van der Waals surface area contributed by atoms with Crippen molar-refractivity contribution in [2.45, 2.75) is 13.8 Å². The number of fused-ring (bicyclic) bond motifs is 1. The van der Waals surface area contributed by atoms with E-state index in [1.807, 2.05) is 30.5 Å². The molecule has 0 amide bonds. The van der Waals surface area contributed by atoms with Crippen LogP contribution in [0.1, 0.15) is 11.3 Å². The Morgan fingerprint density at radius 3 is 2.74 bits per heavy atom. The Bertz CT molecular complexity index is 832. The van der Waals surface area contributed by atoms with Crippen molar-refractivity contribution in [3.63, 3.8) is 0 Å². The van der Waals surface area contributed by atoms with Crippen LogP contribution < -0.4 is 0 Å². The van der Waals surface area contributed by atoms with Crippen molar-refractivity contribution >= 4 is 23.4 Å². The number of rotatable bonds is 1. The molecule has 3 rings (SSSR count). The molecule has 3 nitrogen and oxygen atoms in total. The first kappa shape index (κ1) is 12.0. The molecular formula is C14H12FN3S. The molecule has 5 heteroatoms. The second kappa shape index (κ2) is 4.28. The van der Waals surface area contributed by atoms with Gasteiger partial charge in [0.05, 0.1) is 11.2 Å². The van der Waals surface area contributed by atoms with Crippen molar-refractivity contribution in [2.75, 3.05) is 0 Å². The zero-order valence-corrected chi connectivity index (χ0v) is 11.4. The van der Waals surface area contributed by atoms with Crippen LogP contribution in [0.15, 0.2) is 30.3 Å². The van der Waals surface area contributed by atoms with Crippen LogP contribution in [-0.4, -0.2) is 14.5 Å². The first-order valence-electron chi connectivity index (χ1n) is 5.91. The van der Waals surface area contributed by atoms with Crippen molar-refractivity contribution in [2.24, 2.45) is 0 Å². The maximum Gasteiger partial charge on any atom is 0.184 e. The summed E-state index contributed by atoms with van der Waals surface area (Å²) in [7, 11) is 0. The Balaban J connectivity index is 2.38. The molecular weight excluding hydrogens is 261 g/mol. The van der Waals surface area contributed by atoms with Gasteiger partial charge in [0.15, 0.2) is 10.4 Å². The zero-order valence-electron chi connectivity index (χ0n) is 10.6. The van der Waals surface area contributed by atoms with Gasteiger partial charge in [-0.05, 0) is 62.0 Å². The lowest BCUT2D eigenvalue weighted by Gasteiger charge is -2.08. The molecule has 0 fully saturated rings. The molecule has 0 saturated carbocycles. The lowest BCUT2D eigenvalue weighted by atomic mass is 10.2. The number of nitrogens with one attached hydrogen (secondary N) is 1. The SMILES string of the molecule is Cc1ccc2[nH]c(=S)n(-c3ccc(F)cc3C)c2n1. The third kappa shape index (κ3) is 1.96. The minimum atomic E-state index is -0.253. The van der Waals surface area contributed by atoms with E-state index in [1.165, 1.54) is 12.1 Å². The van der Waals surface area contributed by atoms with E-state index in [0.29, 0.717) is 4.77 Å². The predicted octanol–water partition coefficient (Wildman–Crippen LogP) is 3.84. The van der Waals surface area contributed by atoms with E-state index in [-0.39, 0.29) is 5.82 Å². The van der Waals surface area contributed by atoms with Gasteiger partial charge in [-0.3, -0.25) is 4.57 Å². The Kier molecular flexibility index (Phi) is 2.71. The van der Waals surface area contributed by atoms with Crippen LogP contribution >= 0.6 is 12.2 Å². The second-order valence-corrected chi connectivity index (χ2v) is 4.91. The molecule has 1 aromatic carbocycles. The summed E-state index contributed by atoms with van der Waals surface area (Å²) in [4.78, 5) is 7.62. The van der Waals surface area contributed by atoms with Crippen LogP contribution in [0.25, 0.3) is 16.9 Å². The van der Waals surface area contributed by atoms with Gasteiger partial charge < -0.3 is 4.98 Å². The third-order valence-corrected chi connectivity index (χ3v) is 3.36. The molecule has 3 aromatic rings. The number of halogens is 1. The number of imidazole rings is 1. The Morgan fingerprint density at radius 2 is 2.00 bits per heavy atom. The topological polar surface area (TPSA) is 33.6 Å². The van der Waals surface area contributed by atoms with Crippen molar-refractivity contribution in [1.82, 2.24) is 14.5 Å². The lowest BCUT2D eigenvalue weighted by Crippen LogP contribution is -1.99. The minimum absolute atomic E-state index is 0.253. The molecule has 2 aromatic heterocycles. The molecule has 0 spiro atoms. The quantitative estimate of drug-likeness (QED) is 0.683. The van der Waals surface area contributed by atoms with E-state index in [0.717, 1.165) is 28.1 Å². The molecule has 0 aliphatic carbocycles. The van der Waals surface area contributed by atoms with Gasteiger partial charge in [-0.1, -0.05) is 0 Å². The minimum Gasteiger partial charge on any atom is -0.329 e.